The minimum atomic E-state index is 0.187. The molecule has 0 spiro atoms. The molecule has 2 rings (SSSR count). The summed E-state index contributed by atoms with van der Waals surface area (Å²) in [6.07, 6.45) is 6.61. The molecule has 21 heavy (non-hydrogen) atoms. The molecule has 114 valence electrons. The van der Waals surface area contributed by atoms with Gasteiger partial charge in [-0.3, -0.25) is 4.68 Å². The third-order valence-corrected chi connectivity index (χ3v) is 3.70. The topological polar surface area (TPSA) is 53.1 Å². The predicted molar refractivity (Wildman–Crippen MR) is 85.6 cm³/mol. The quantitative estimate of drug-likeness (QED) is 0.851. The first-order valence-corrected chi connectivity index (χ1v) is 7.54. The van der Waals surface area contributed by atoms with E-state index in [9.17, 15) is 0 Å². The summed E-state index contributed by atoms with van der Waals surface area (Å²) in [5.74, 6) is 0.991. The molecule has 1 atom stereocenters. The van der Waals surface area contributed by atoms with Gasteiger partial charge >= 0.3 is 0 Å². The fraction of sp³-hybridized carbons (Fsp3) is 0.471. The zero-order valence-electron chi connectivity index (χ0n) is 13.2. The number of para-hydroxylation sites is 1. The molecule has 0 radical (unpaired) electrons. The SMILES string of the molecule is CCC(N)Cc1cccc(C)c1OCCc1cnn(C)c1. The van der Waals surface area contributed by atoms with Crippen molar-refractivity contribution in [2.24, 2.45) is 12.8 Å². The summed E-state index contributed by atoms with van der Waals surface area (Å²) in [4.78, 5) is 0. The number of aryl methyl sites for hydroxylation is 2. The van der Waals surface area contributed by atoms with Gasteiger partial charge in [-0.1, -0.05) is 25.1 Å². The first-order valence-electron chi connectivity index (χ1n) is 7.54. The maximum absolute atomic E-state index is 6.08. The first-order chi connectivity index (χ1) is 10.1. The number of aromatic nitrogens is 2. The van der Waals surface area contributed by atoms with E-state index in [0.717, 1.165) is 25.0 Å². The van der Waals surface area contributed by atoms with Gasteiger partial charge in [0.2, 0.25) is 0 Å². The maximum Gasteiger partial charge on any atom is 0.125 e. The number of nitrogens with two attached hydrogens (primary N) is 1. The van der Waals surface area contributed by atoms with Crippen molar-refractivity contribution in [3.8, 4) is 5.75 Å². The number of ether oxygens (including phenoxy) is 1. The summed E-state index contributed by atoms with van der Waals surface area (Å²) in [5.41, 5.74) is 9.65. The zero-order valence-corrected chi connectivity index (χ0v) is 13.2. The largest absolute Gasteiger partial charge is 0.493 e. The van der Waals surface area contributed by atoms with Crippen molar-refractivity contribution in [2.45, 2.75) is 39.2 Å². The van der Waals surface area contributed by atoms with Crippen LogP contribution in [0.15, 0.2) is 30.6 Å². The van der Waals surface area contributed by atoms with Crippen molar-refractivity contribution in [1.82, 2.24) is 9.78 Å². The Morgan fingerprint density at radius 2 is 2.19 bits per heavy atom. The number of hydrogen-bond acceptors (Lipinski definition) is 3. The minimum Gasteiger partial charge on any atom is -0.493 e. The van der Waals surface area contributed by atoms with E-state index in [1.54, 1.807) is 0 Å². The Bertz CT molecular complexity index is 577. The molecule has 2 N–H and O–H groups in total. The molecular weight excluding hydrogens is 262 g/mol. The highest BCUT2D eigenvalue weighted by molar-refractivity contribution is 5.41. The molecule has 0 bridgehead atoms. The molecule has 0 aliphatic rings. The van der Waals surface area contributed by atoms with Crippen LogP contribution in [0.3, 0.4) is 0 Å². The number of benzene rings is 1. The second-order valence-electron chi connectivity index (χ2n) is 5.56. The van der Waals surface area contributed by atoms with Crippen LogP contribution in [-0.2, 0) is 19.9 Å². The molecular formula is C17H25N3O. The van der Waals surface area contributed by atoms with Crippen LogP contribution in [-0.4, -0.2) is 22.4 Å². The summed E-state index contributed by atoms with van der Waals surface area (Å²) in [7, 11) is 1.93. The molecule has 0 saturated heterocycles. The van der Waals surface area contributed by atoms with Crippen molar-refractivity contribution in [3.05, 3.63) is 47.3 Å². The molecule has 0 saturated carbocycles. The fourth-order valence-corrected chi connectivity index (χ4v) is 2.38. The summed E-state index contributed by atoms with van der Waals surface area (Å²) < 4.78 is 7.85. The molecule has 1 aromatic carbocycles. The Kier molecular flexibility index (Phi) is 5.39. The normalized spacial score (nSPS) is 12.4. The van der Waals surface area contributed by atoms with Gasteiger partial charge in [0.25, 0.3) is 0 Å². The van der Waals surface area contributed by atoms with E-state index in [-0.39, 0.29) is 6.04 Å². The third-order valence-electron chi connectivity index (χ3n) is 3.70. The Labute approximate surface area is 126 Å². The average Bonchev–Trinajstić information content (AvgIpc) is 2.87. The Hall–Kier alpha value is -1.81. The summed E-state index contributed by atoms with van der Waals surface area (Å²) in [5, 5.41) is 4.17. The van der Waals surface area contributed by atoms with Gasteiger partial charge < -0.3 is 10.5 Å². The van der Waals surface area contributed by atoms with Gasteiger partial charge in [0.1, 0.15) is 5.75 Å². The van der Waals surface area contributed by atoms with Crippen molar-refractivity contribution < 1.29 is 4.74 Å². The number of rotatable bonds is 7. The van der Waals surface area contributed by atoms with Crippen LogP contribution in [0.4, 0.5) is 0 Å². The lowest BCUT2D eigenvalue weighted by Crippen LogP contribution is -2.22. The van der Waals surface area contributed by atoms with E-state index in [4.69, 9.17) is 10.5 Å². The van der Waals surface area contributed by atoms with E-state index in [2.05, 4.69) is 37.1 Å². The highest BCUT2D eigenvalue weighted by atomic mass is 16.5. The van der Waals surface area contributed by atoms with Gasteiger partial charge in [-0.15, -0.1) is 0 Å². The van der Waals surface area contributed by atoms with Gasteiger partial charge in [0.05, 0.1) is 12.8 Å². The van der Waals surface area contributed by atoms with Gasteiger partial charge in [-0.25, -0.2) is 0 Å². The lowest BCUT2D eigenvalue weighted by molar-refractivity contribution is 0.315. The first kappa shape index (κ1) is 15.6. The van der Waals surface area contributed by atoms with Crippen LogP contribution in [0, 0.1) is 6.92 Å². The molecule has 1 aromatic heterocycles. The zero-order chi connectivity index (χ0) is 15.2. The lowest BCUT2D eigenvalue weighted by Gasteiger charge is -2.16. The van der Waals surface area contributed by atoms with E-state index >= 15 is 0 Å². The smallest absolute Gasteiger partial charge is 0.125 e. The van der Waals surface area contributed by atoms with Crippen LogP contribution in [0.5, 0.6) is 5.75 Å². The monoisotopic (exact) mass is 287 g/mol. The molecule has 4 nitrogen and oxygen atoms in total. The molecule has 0 amide bonds. The fourth-order valence-electron chi connectivity index (χ4n) is 2.38. The van der Waals surface area contributed by atoms with E-state index in [0.29, 0.717) is 6.61 Å². The maximum atomic E-state index is 6.08. The standard InChI is InChI=1S/C17H25N3O/c1-4-16(18)10-15-7-5-6-13(2)17(15)21-9-8-14-11-19-20(3)12-14/h5-7,11-12,16H,4,8-10,18H2,1-3H3. The van der Waals surface area contributed by atoms with Crippen molar-refractivity contribution >= 4 is 0 Å². The van der Waals surface area contributed by atoms with Gasteiger partial charge in [-0.2, -0.15) is 5.10 Å². The molecule has 1 heterocycles. The minimum absolute atomic E-state index is 0.187. The summed E-state index contributed by atoms with van der Waals surface area (Å²) in [6, 6.07) is 6.45. The number of nitrogens with zero attached hydrogens (tertiary/aromatic N) is 2. The third kappa shape index (κ3) is 4.33. The van der Waals surface area contributed by atoms with Crippen molar-refractivity contribution in [2.75, 3.05) is 6.61 Å². The second kappa shape index (κ2) is 7.27. The highest BCUT2D eigenvalue weighted by Crippen LogP contribution is 2.25. The average molecular weight is 287 g/mol. The summed E-state index contributed by atoms with van der Waals surface area (Å²) in [6.45, 7) is 4.86. The van der Waals surface area contributed by atoms with Crippen LogP contribution < -0.4 is 10.5 Å². The molecule has 0 fully saturated rings. The lowest BCUT2D eigenvalue weighted by atomic mass is 10.0. The van der Waals surface area contributed by atoms with E-state index in [1.165, 1.54) is 16.7 Å². The van der Waals surface area contributed by atoms with Crippen LogP contribution in [0.2, 0.25) is 0 Å². The predicted octanol–water partition coefficient (Wildman–Crippen LogP) is 2.63. The van der Waals surface area contributed by atoms with Crippen molar-refractivity contribution in [1.29, 1.82) is 0 Å². The van der Waals surface area contributed by atoms with Crippen LogP contribution in [0.1, 0.15) is 30.0 Å². The molecule has 4 heteroatoms. The van der Waals surface area contributed by atoms with E-state index in [1.807, 2.05) is 24.1 Å². The van der Waals surface area contributed by atoms with Crippen LogP contribution in [0.25, 0.3) is 0 Å². The van der Waals surface area contributed by atoms with Crippen LogP contribution >= 0.6 is 0 Å². The molecule has 2 aromatic rings. The van der Waals surface area contributed by atoms with Crippen molar-refractivity contribution in [3.63, 3.8) is 0 Å². The van der Waals surface area contributed by atoms with E-state index < -0.39 is 0 Å². The highest BCUT2D eigenvalue weighted by Gasteiger charge is 2.10. The Balaban J connectivity index is 2.01. The Morgan fingerprint density at radius 1 is 1.38 bits per heavy atom. The van der Waals surface area contributed by atoms with Gasteiger partial charge in [-0.05, 0) is 36.5 Å². The molecule has 1 unspecified atom stereocenters. The van der Waals surface area contributed by atoms with Gasteiger partial charge in [0, 0.05) is 25.7 Å². The van der Waals surface area contributed by atoms with Gasteiger partial charge in [0.15, 0.2) is 0 Å². The Morgan fingerprint density at radius 3 is 2.86 bits per heavy atom. The molecule has 0 aliphatic carbocycles. The number of hydrogen-bond donors (Lipinski definition) is 1. The second-order valence-corrected chi connectivity index (χ2v) is 5.56. The summed E-state index contributed by atoms with van der Waals surface area (Å²) >= 11 is 0. The molecule has 0 aliphatic heterocycles.